The van der Waals surface area contributed by atoms with Crippen molar-refractivity contribution in [3.05, 3.63) is 55.8 Å². The number of aromatic nitrogens is 1. The molecule has 1 N–H and O–H groups in total. The lowest BCUT2D eigenvalue weighted by Gasteiger charge is -2.05. The van der Waals surface area contributed by atoms with Crippen LogP contribution in [0.2, 0.25) is 15.1 Å². The maximum atomic E-state index is 12.0. The van der Waals surface area contributed by atoms with Gasteiger partial charge in [0, 0.05) is 15.8 Å². The van der Waals surface area contributed by atoms with Crippen molar-refractivity contribution in [1.82, 2.24) is 4.98 Å². The molecule has 0 spiro atoms. The molecule has 0 aliphatic carbocycles. The highest BCUT2D eigenvalue weighted by atomic mass is 35.5. The highest BCUT2D eigenvalue weighted by molar-refractivity contribution is 6.43. The van der Waals surface area contributed by atoms with E-state index in [1.807, 2.05) is 0 Å². The average Bonchev–Trinajstić information content (AvgIpc) is 2.32. The standard InChI is InChI=1S/C13H6Cl3NO/c14-6-1-2-7-8-4-10(15)11(16)5-12(8)17-13(18)9(7)3-6/h1-5H,(H,17,18). The molecule has 0 amide bonds. The quantitative estimate of drug-likeness (QED) is 0.602. The maximum Gasteiger partial charge on any atom is 0.256 e. The van der Waals surface area contributed by atoms with Gasteiger partial charge in [-0.25, -0.2) is 0 Å². The minimum absolute atomic E-state index is 0.196. The van der Waals surface area contributed by atoms with Crippen molar-refractivity contribution in [3.8, 4) is 0 Å². The molecule has 5 heteroatoms. The van der Waals surface area contributed by atoms with Crippen LogP contribution in [-0.4, -0.2) is 4.98 Å². The summed E-state index contributed by atoms with van der Waals surface area (Å²) in [6, 6.07) is 8.57. The second kappa shape index (κ2) is 4.16. The normalized spacial score (nSPS) is 11.3. The van der Waals surface area contributed by atoms with Gasteiger partial charge in [-0.05, 0) is 29.7 Å². The number of fused-ring (bicyclic) bond motifs is 3. The zero-order valence-corrected chi connectivity index (χ0v) is 11.2. The van der Waals surface area contributed by atoms with Crippen LogP contribution in [0.5, 0.6) is 0 Å². The first-order valence-corrected chi connectivity index (χ1v) is 6.30. The molecule has 1 heterocycles. The van der Waals surface area contributed by atoms with E-state index in [-0.39, 0.29) is 5.56 Å². The van der Waals surface area contributed by atoms with Crippen LogP contribution in [0, 0.1) is 0 Å². The molecule has 0 fully saturated rings. The Labute approximate surface area is 117 Å². The molecule has 0 saturated heterocycles. The van der Waals surface area contributed by atoms with E-state index in [2.05, 4.69) is 4.98 Å². The molecule has 0 unspecified atom stereocenters. The second-order valence-corrected chi connectivity index (χ2v) is 5.21. The van der Waals surface area contributed by atoms with Crippen molar-refractivity contribution in [1.29, 1.82) is 0 Å². The molecule has 0 saturated carbocycles. The van der Waals surface area contributed by atoms with Gasteiger partial charge in [0.2, 0.25) is 0 Å². The molecule has 0 aliphatic heterocycles. The summed E-state index contributed by atoms with van der Waals surface area (Å²) >= 11 is 17.8. The van der Waals surface area contributed by atoms with Crippen LogP contribution in [0.4, 0.5) is 0 Å². The van der Waals surface area contributed by atoms with E-state index in [1.54, 1.807) is 30.3 Å². The minimum atomic E-state index is -0.196. The van der Waals surface area contributed by atoms with Gasteiger partial charge in [-0.3, -0.25) is 4.79 Å². The van der Waals surface area contributed by atoms with Crippen LogP contribution in [0.25, 0.3) is 21.7 Å². The summed E-state index contributed by atoms with van der Waals surface area (Å²) in [4.78, 5) is 14.7. The Balaban J connectivity index is 2.60. The zero-order valence-electron chi connectivity index (χ0n) is 8.93. The Morgan fingerprint density at radius 3 is 2.33 bits per heavy atom. The first kappa shape index (κ1) is 11.8. The van der Waals surface area contributed by atoms with Gasteiger partial charge in [0.05, 0.1) is 15.6 Å². The Bertz CT molecular complexity index is 839. The summed E-state index contributed by atoms with van der Waals surface area (Å²) in [6.07, 6.45) is 0. The van der Waals surface area contributed by atoms with Crippen molar-refractivity contribution in [2.45, 2.75) is 0 Å². The van der Waals surface area contributed by atoms with Crippen molar-refractivity contribution in [3.63, 3.8) is 0 Å². The lowest BCUT2D eigenvalue weighted by atomic mass is 10.1. The van der Waals surface area contributed by atoms with Gasteiger partial charge in [-0.15, -0.1) is 0 Å². The highest BCUT2D eigenvalue weighted by Gasteiger charge is 2.08. The molecule has 0 atom stereocenters. The van der Waals surface area contributed by atoms with Crippen molar-refractivity contribution >= 4 is 56.5 Å². The second-order valence-electron chi connectivity index (χ2n) is 3.96. The third-order valence-electron chi connectivity index (χ3n) is 2.83. The Morgan fingerprint density at radius 1 is 0.833 bits per heavy atom. The van der Waals surface area contributed by atoms with Gasteiger partial charge < -0.3 is 4.98 Å². The summed E-state index contributed by atoms with van der Waals surface area (Å²) in [5, 5.41) is 3.56. The van der Waals surface area contributed by atoms with E-state index in [0.29, 0.717) is 26.0 Å². The lowest BCUT2D eigenvalue weighted by molar-refractivity contribution is 1.34. The Kier molecular flexibility index (Phi) is 2.74. The van der Waals surface area contributed by atoms with E-state index in [4.69, 9.17) is 34.8 Å². The molecule has 1 aromatic heterocycles. The van der Waals surface area contributed by atoms with Gasteiger partial charge in [0.1, 0.15) is 0 Å². The fourth-order valence-electron chi connectivity index (χ4n) is 2.00. The maximum absolute atomic E-state index is 12.0. The number of pyridine rings is 1. The SMILES string of the molecule is O=c1[nH]c2cc(Cl)c(Cl)cc2c2ccc(Cl)cc12. The summed E-state index contributed by atoms with van der Waals surface area (Å²) < 4.78 is 0. The zero-order chi connectivity index (χ0) is 12.9. The number of hydrogen-bond acceptors (Lipinski definition) is 1. The molecule has 18 heavy (non-hydrogen) atoms. The molecule has 0 aliphatic rings. The van der Waals surface area contributed by atoms with Gasteiger partial charge in [-0.1, -0.05) is 40.9 Å². The van der Waals surface area contributed by atoms with Crippen molar-refractivity contribution in [2.75, 3.05) is 0 Å². The van der Waals surface area contributed by atoms with Crippen molar-refractivity contribution < 1.29 is 0 Å². The number of H-pyrrole nitrogens is 1. The largest absolute Gasteiger partial charge is 0.321 e. The average molecular weight is 299 g/mol. The van der Waals surface area contributed by atoms with Gasteiger partial charge in [0.15, 0.2) is 0 Å². The molecule has 90 valence electrons. The van der Waals surface area contributed by atoms with Crippen LogP contribution in [0.3, 0.4) is 0 Å². The van der Waals surface area contributed by atoms with Crippen LogP contribution in [0.1, 0.15) is 0 Å². The summed E-state index contributed by atoms with van der Waals surface area (Å²) in [5.74, 6) is 0. The predicted molar refractivity (Wildman–Crippen MR) is 77.1 cm³/mol. The molecule has 2 aromatic carbocycles. The smallest absolute Gasteiger partial charge is 0.256 e. The molecule has 0 bridgehead atoms. The predicted octanol–water partition coefficient (Wildman–Crippen LogP) is 4.64. The van der Waals surface area contributed by atoms with E-state index in [0.717, 1.165) is 10.8 Å². The van der Waals surface area contributed by atoms with E-state index < -0.39 is 0 Å². The third-order valence-corrected chi connectivity index (χ3v) is 3.78. The minimum Gasteiger partial charge on any atom is -0.321 e. The Hall–Kier alpha value is -1.22. The first-order chi connectivity index (χ1) is 8.56. The molecule has 3 aromatic rings. The van der Waals surface area contributed by atoms with Gasteiger partial charge in [0.25, 0.3) is 5.56 Å². The van der Waals surface area contributed by atoms with E-state index in [1.165, 1.54) is 0 Å². The number of aromatic amines is 1. The fourth-order valence-corrected chi connectivity index (χ4v) is 2.50. The molecule has 0 radical (unpaired) electrons. The number of nitrogens with one attached hydrogen (secondary N) is 1. The van der Waals surface area contributed by atoms with Gasteiger partial charge >= 0.3 is 0 Å². The van der Waals surface area contributed by atoms with Crippen LogP contribution in [-0.2, 0) is 0 Å². The summed E-state index contributed by atoms with van der Waals surface area (Å²) in [7, 11) is 0. The summed E-state index contributed by atoms with van der Waals surface area (Å²) in [5.41, 5.74) is 0.461. The van der Waals surface area contributed by atoms with Crippen LogP contribution < -0.4 is 5.56 Å². The monoisotopic (exact) mass is 297 g/mol. The number of benzene rings is 2. The summed E-state index contributed by atoms with van der Waals surface area (Å²) in [6.45, 7) is 0. The Morgan fingerprint density at radius 2 is 1.56 bits per heavy atom. The topological polar surface area (TPSA) is 32.9 Å². The third kappa shape index (κ3) is 1.77. The van der Waals surface area contributed by atoms with Gasteiger partial charge in [-0.2, -0.15) is 0 Å². The molecular formula is C13H6Cl3NO. The number of hydrogen-bond donors (Lipinski definition) is 1. The lowest BCUT2D eigenvalue weighted by Crippen LogP contribution is -2.06. The van der Waals surface area contributed by atoms with E-state index >= 15 is 0 Å². The number of halogens is 3. The van der Waals surface area contributed by atoms with Crippen molar-refractivity contribution in [2.24, 2.45) is 0 Å². The first-order valence-electron chi connectivity index (χ1n) is 5.16. The van der Waals surface area contributed by atoms with Crippen LogP contribution >= 0.6 is 34.8 Å². The fraction of sp³-hybridized carbons (Fsp3) is 0. The molecule has 2 nitrogen and oxygen atoms in total. The molecular weight excluding hydrogens is 293 g/mol. The number of rotatable bonds is 0. The highest BCUT2D eigenvalue weighted by Crippen LogP contribution is 2.30. The van der Waals surface area contributed by atoms with Crippen LogP contribution in [0.15, 0.2) is 35.1 Å². The molecule has 3 rings (SSSR count). The van der Waals surface area contributed by atoms with E-state index in [9.17, 15) is 4.79 Å².